The SMILES string of the molecule is Clc1ccc(-c2nnc(SCc3csc(-c4ccsc4)n3)o2)cc1. The van der Waals surface area contributed by atoms with Crippen molar-refractivity contribution in [2.45, 2.75) is 11.0 Å². The smallest absolute Gasteiger partial charge is 0.277 e. The molecular formula is C16H10ClN3OS3. The maximum absolute atomic E-state index is 5.88. The third-order valence-corrected chi connectivity index (χ3v) is 5.89. The van der Waals surface area contributed by atoms with Crippen molar-refractivity contribution in [1.82, 2.24) is 15.2 Å². The lowest BCUT2D eigenvalue weighted by atomic mass is 10.2. The van der Waals surface area contributed by atoms with E-state index in [2.05, 4.69) is 37.4 Å². The van der Waals surface area contributed by atoms with Crippen LogP contribution < -0.4 is 0 Å². The minimum atomic E-state index is 0.492. The van der Waals surface area contributed by atoms with Crippen LogP contribution in [0.3, 0.4) is 0 Å². The molecule has 0 amide bonds. The normalized spacial score (nSPS) is 11.0. The Morgan fingerprint density at radius 2 is 1.92 bits per heavy atom. The Labute approximate surface area is 155 Å². The number of thiazole rings is 1. The van der Waals surface area contributed by atoms with Crippen molar-refractivity contribution in [3.63, 3.8) is 0 Å². The monoisotopic (exact) mass is 391 g/mol. The summed E-state index contributed by atoms with van der Waals surface area (Å²) in [5, 5.41) is 16.6. The molecule has 8 heteroatoms. The van der Waals surface area contributed by atoms with Crippen LogP contribution in [0, 0.1) is 0 Å². The molecule has 24 heavy (non-hydrogen) atoms. The lowest BCUT2D eigenvalue weighted by Gasteiger charge is -1.94. The predicted octanol–water partition coefficient (Wildman–Crippen LogP) is 5.87. The highest BCUT2D eigenvalue weighted by Crippen LogP contribution is 2.30. The zero-order valence-corrected chi connectivity index (χ0v) is 15.4. The van der Waals surface area contributed by atoms with Crippen LogP contribution in [0.5, 0.6) is 0 Å². The lowest BCUT2D eigenvalue weighted by molar-refractivity contribution is 0.466. The van der Waals surface area contributed by atoms with Gasteiger partial charge in [-0.3, -0.25) is 0 Å². The van der Waals surface area contributed by atoms with E-state index < -0.39 is 0 Å². The van der Waals surface area contributed by atoms with Crippen molar-refractivity contribution >= 4 is 46.0 Å². The maximum Gasteiger partial charge on any atom is 0.277 e. The van der Waals surface area contributed by atoms with Crippen molar-refractivity contribution < 1.29 is 4.42 Å². The Hall–Kier alpha value is -1.67. The number of nitrogens with zero attached hydrogens (tertiary/aromatic N) is 3. The summed E-state index contributed by atoms with van der Waals surface area (Å²) in [4.78, 5) is 4.64. The van der Waals surface area contributed by atoms with Crippen molar-refractivity contribution in [1.29, 1.82) is 0 Å². The first-order valence-corrected chi connectivity index (χ1v) is 10.2. The molecule has 0 unspecified atom stereocenters. The third kappa shape index (κ3) is 3.54. The fourth-order valence-electron chi connectivity index (χ4n) is 2.00. The van der Waals surface area contributed by atoms with E-state index in [4.69, 9.17) is 16.0 Å². The summed E-state index contributed by atoms with van der Waals surface area (Å²) in [6.45, 7) is 0. The van der Waals surface area contributed by atoms with Crippen LogP contribution in [0.2, 0.25) is 5.02 Å². The summed E-state index contributed by atoms with van der Waals surface area (Å²) in [5.41, 5.74) is 3.04. The fourth-order valence-corrected chi connectivity index (χ4v) is 4.42. The average Bonchev–Trinajstić information content (AvgIpc) is 3.34. The number of hydrogen-bond donors (Lipinski definition) is 0. The van der Waals surface area contributed by atoms with Crippen LogP contribution in [-0.2, 0) is 5.75 Å². The summed E-state index contributed by atoms with van der Waals surface area (Å²) >= 11 is 10.7. The van der Waals surface area contributed by atoms with Gasteiger partial charge in [-0.1, -0.05) is 23.4 Å². The van der Waals surface area contributed by atoms with Crippen LogP contribution in [0.25, 0.3) is 22.0 Å². The average molecular weight is 392 g/mol. The highest BCUT2D eigenvalue weighted by atomic mass is 35.5. The second kappa shape index (κ2) is 7.06. The van der Waals surface area contributed by atoms with E-state index in [9.17, 15) is 0 Å². The highest BCUT2D eigenvalue weighted by Gasteiger charge is 2.11. The van der Waals surface area contributed by atoms with Gasteiger partial charge in [0.25, 0.3) is 5.22 Å². The summed E-state index contributed by atoms with van der Waals surface area (Å²) in [6, 6.07) is 9.40. The molecule has 0 saturated heterocycles. The van der Waals surface area contributed by atoms with Crippen LogP contribution in [0.1, 0.15) is 5.69 Å². The molecule has 0 saturated carbocycles. The lowest BCUT2D eigenvalue weighted by Crippen LogP contribution is -1.81. The van der Waals surface area contributed by atoms with Gasteiger partial charge in [0.2, 0.25) is 5.89 Å². The van der Waals surface area contributed by atoms with Gasteiger partial charge < -0.3 is 4.42 Å². The Bertz CT molecular complexity index is 932. The molecule has 0 aliphatic rings. The zero-order chi connectivity index (χ0) is 16.4. The molecule has 120 valence electrons. The van der Waals surface area contributed by atoms with E-state index >= 15 is 0 Å². The van der Waals surface area contributed by atoms with Crippen molar-refractivity contribution in [3.8, 4) is 22.0 Å². The van der Waals surface area contributed by atoms with Crippen LogP contribution >= 0.6 is 46.0 Å². The first kappa shape index (κ1) is 15.8. The van der Waals surface area contributed by atoms with E-state index in [1.807, 2.05) is 12.1 Å². The second-order valence-corrected chi connectivity index (χ2v) is 7.83. The summed E-state index contributed by atoms with van der Waals surface area (Å²) in [5.74, 6) is 1.19. The Kier molecular flexibility index (Phi) is 4.66. The number of halogens is 1. The number of benzene rings is 1. The Morgan fingerprint density at radius 3 is 2.71 bits per heavy atom. The molecule has 0 bridgehead atoms. The first-order chi connectivity index (χ1) is 11.8. The van der Waals surface area contributed by atoms with Gasteiger partial charge in [-0.05, 0) is 35.7 Å². The number of rotatable bonds is 5. The van der Waals surface area contributed by atoms with Gasteiger partial charge in [0, 0.05) is 32.7 Å². The van der Waals surface area contributed by atoms with Crippen LogP contribution in [-0.4, -0.2) is 15.2 Å². The van der Waals surface area contributed by atoms with Gasteiger partial charge in [-0.2, -0.15) is 11.3 Å². The molecule has 4 rings (SSSR count). The van der Waals surface area contributed by atoms with Crippen molar-refractivity contribution in [2.24, 2.45) is 0 Å². The number of aromatic nitrogens is 3. The molecule has 4 nitrogen and oxygen atoms in total. The quantitative estimate of drug-likeness (QED) is 0.398. The molecule has 0 radical (unpaired) electrons. The largest absolute Gasteiger partial charge is 0.411 e. The molecule has 3 heterocycles. The summed E-state index contributed by atoms with van der Waals surface area (Å²) in [7, 11) is 0. The van der Waals surface area contributed by atoms with Gasteiger partial charge in [-0.25, -0.2) is 4.98 Å². The van der Waals surface area contributed by atoms with Crippen molar-refractivity contribution in [2.75, 3.05) is 0 Å². The molecule has 4 aromatic rings. The number of thioether (sulfide) groups is 1. The molecule has 3 aromatic heterocycles. The van der Waals surface area contributed by atoms with Gasteiger partial charge in [0.1, 0.15) is 5.01 Å². The maximum atomic E-state index is 5.88. The van der Waals surface area contributed by atoms with Crippen LogP contribution in [0.4, 0.5) is 0 Å². The third-order valence-electron chi connectivity index (χ3n) is 3.16. The van der Waals surface area contributed by atoms with Crippen molar-refractivity contribution in [3.05, 3.63) is 57.2 Å². The fraction of sp³-hybridized carbons (Fsp3) is 0.0625. The standard InChI is InChI=1S/C16H10ClN3OS3/c17-12-3-1-10(2-4-12)14-19-20-16(21-14)24-9-13-8-23-15(18-13)11-5-6-22-7-11/h1-8H,9H2. The number of thiophene rings is 1. The Morgan fingerprint density at radius 1 is 1.04 bits per heavy atom. The molecule has 0 aliphatic heterocycles. The Balaban J connectivity index is 1.42. The van der Waals surface area contributed by atoms with E-state index in [1.54, 1.807) is 34.8 Å². The minimum Gasteiger partial charge on any atom is -0.411 e. The van der Waals surface area contributed by atoms with E-state index in [0.29, 0.717) is 21.9 Å². The molecule has 0 N–H and O–H groups in total. The van der Waals surface area contributed by atoms with Gasteiger partial charge in [0.15, 0.2) is 0 Å². The summed E-state index contributed by atoms with van der Waals surface area (Å²) in [6.07, 6.45) is 0. The van der Waals surface area contributed by atoms with Crippen LogP contribution in [0.15, 0.2) is 56.1 Å². The molecular weight excluding hydrogens is 382 g/mol. The minimum absolute atomic E-state index is 0.492. The summed E-state index contributed by atoms with van der Waals surface area (Å²) < 4.78 is 5.69. The molecule has 1 aromatic carbocycles. The van der Waals surface area contributed by atoms with Gasteiger partial charge >= 0.3 is 0 Å². The predicted molar refractivity (Wildman–Crippen MR) is 99.7 cm³/mol. The molecule has 0 spiro atoms. The number of hydrogen-bond acceptors (Lipinski definition) is 7. The molecule has 0 atom stereocenters. The zero-order valence-electron chi connectivity index (χ0n) is 12.2. The molecule has 0 fully saturated rings. The van der Waals surface area contributed by atoms with E-state index in [-0.39, 0.29) is 0 Å². The van der Waals surface area contributed by atoms with Gasteiger partial charge in [-0.15, -0.1) is 21.5 Å². The first-order valence-electron chi connectivity index (χ1n) is 6.97. The molecule has 0 aliphatic carbocycles. The van der Waals surface area contributed by atoms with E-state index in [1.165, 1.54) is 17.3 Å². The topological polar surface area (TPSA) is 51.8 Å². The second-order valence-electron chi connectivity index (χ2n) is 4.82. The van der Waals surface area contributed by atoms with E-state index in [0.717, 1.165) is 16.3 Å². The van der Waals surface area contributed by atoms with Gasteiger partial charge in [0.05, 0.1) is 5.69 Å². The highest BCUT2D eigenvalue weighted by molar-refractivity contribution is 7.98.